The first kappa shape index (κ1) is 40.5. The van der Waals surface area contributed by atoms with Crippen molar-refractivity contribution in [2.75, 3.05) is 0 Å². The van der Waals surface area contributed by atoms with Crippen molar-refractivity contribution in [3.05, 3.63) is 138 Å². The van der Waals surface area contributed by atoms with Crippen molar-refractivity contribution in [3.8, 4) is 33.6 Å². The van der Waals surface area contributed by atoms with Gasteiger partial charge in [-0.1, -0.05) is 105 Å². The quantitative estimate of drug-likeness (QED) is 0.118. The van der Waals surface area contributed by atoms with Gasteiger partial charge in [-0.25, -0.2) is 0 Å². The van der Waals surface area contributed by atoms with Gasteiger partial charge in [-0.05, 0) is 124 Å². The van der Waals surface area contributed by atoms with E-state index in [1.807, 2.05) is 35.7 Å². The first-order valence-corrected chi connectivity index (χ1v) is 24.7. The first-order valence-electron chi connectivity index (χ1n) is 20.4. The van der Waals surface area contributed by atoms with Crippen LogP contribution >= 0.6 is 11.3 Å². The van der Waals surface area contributed by atoms with Crippen LogP contribution in [0.25, 0.3) is 53.8 Å². The first-order chi connectivity index (χ1) is 26.5. The molecular formula is C51H54IrN2SSi-2. The van der Waals surface area contributed by atoms with Gasteiger partial charge >= 0.3 is 0 Å². The number of aromatic nitrogens is 2. The van der Waals surface area contributed by atoms with Crippen LogP contribution in [0.15, 0.2) is 103 Å². The minimum atomic E-state index is -1.34. The van der Waals surface area contributed by atoms with Gasteiger partial charge < -0.3 is 9.97 Å². The van der Waals surface area contributed by atoms with Crippen LogP contribution in [0.2, 0.25) is 19.6 Å². The maximum Gasteiger partial charge on any atom is 0.0799 e. The number of rotatable bonds is 7. The van der Waals surface area contributed by atoms with Crippen LogP contribution in [-0.2, 0) is 26.5 Å². The van der Waals surface area contributed by atoms with E-state index in [9.17, 15) is 0 Å². The van der Waals surface area contributed by atoms with E-state index in [-0.39, 0.29) is 20.1 Å². The predicted octanol–water partition coefficient (Wildman–Crippen LogP) is 13.8. The molecule has 0 N–H and O–H groups in total. The second-order valence-electron chi connectivity index (χ2n) is 17.5. The Hall–Kier alpha value is -3.73. The molecule has 3 aliphatic carbocycles. The normalized spacial score (nSPS) is 17.8. The minimum absolute atomic E-state index is 0. The molecule has 3 saturated carbocycles. The molecule has 289 valence electrons. The summed E-state index contributed by atoms with van der Waals surface area (Å²) in [5.41, 5.74) is 12.6. The van der Waals surface area contributed by atoms with Crippen molar-refractivity contribution in [2.45, 2.75) is 91.8 Å². The van der Waals surface area contributed by atoms with Crippen molar-refractivity contribution in [2.24, 2.45) is 17.8 Å². The Morgan fingerprint density at radius 2 is 1.57 bits per heavy atom. The summed E-state index contributed by atoms with van der Waals surface area (Å²) < 4.78 is 2.63. The molecule has 1 unspecified atom stereocenters. The molecule has 3 aliphatic rings. The van der Waals surface area contributed by atoms with Crippen LogP contribution < -0.4 is 5.19 Å². The van der Waals surface area contributed by atoms with Crippen LogP contribution in [0.3, 0.4) is 0 Å². The minimum Gasteiger partial charge on any atom is -0.305 e. The van der Waals surface area contributed by atoms with Gasteiger partial charge in [0.05, 0.1) is 8.07 Å². The number of nitrogens with zero attached hydrogens (tertiary/aromatic N) is 2. The summed E-state index contributed by atoms with van der Waals surface area (Å²) in [6.45, 7) is 16.1. The predicted molar refractivity (Wildman–Crippen MR) is 239 cm³/mol. The van der Waals surface area contributed by atoms with E-state index in [1.165, 1.54) is 97.3 Å². The molecule has 2 nitrogen and oxygen atoms in total. The summed E-state index contributed by atoms with van der Waals surface area (Å²) in [6.07, 6.45) is 12.6. The van der Waals surface area contributed by atoms with Crippen LogP contribution in [-0.4, -0.2) is 18.0 Å². The van der Waals surface area contributed by atoms with Crippen LogP contribution in [0.5, 0.6) is 0 Å². The van der Waals surface area contributed by atoms with E-state index in [0.717, 1.165) is 40.3 Å². The summed E-state index contributed by atoms with van der Waals surface area (Å²) in [7, 11) is -1.34. The summed E-state index contributed by atoms with van der Waals surface area (Å²) >= 11 is 1.88. The van der Waals surface area contributed by atoms with E-state index in [1.54, 1.807) is 0 Å². The fraction of sp³-hybridized carbons (Fsp3) is 0.333. The van der Waals surface area contributed by atoms with Crippen molar-refractivity contribution < 1.29 is 20.1 Å². The molecule has 0 aliphatic heterocycles. The third kappa shape index (κ3) is 8.30. The van der Waals surface area contributed by atoms with E-state index in [4.69, 9.17) is 4.98 Å². The summed E-state index contributed by atoms with van der Waals surface area (Å²) in [5, 5.41) is 4.15. The van der Waals surface area contributed by atoms with Crippen LogP contribution in [0, 0.1) is 43.7 Å². The molecule has 0 spiro atoms. The Morgan fingerprint density at radius 1 is 0.804 bits per heavy atom. The van der Waals surface area contributed by atoms with Gasteiger partial charge in [0.1, 0.15) is 0 Å². The zero-order valence-corrected chi connectivity index (χ0v) is 38.2. The number of pyridine rings is 2. The molecular weight excluding hydrogens is 893 g/mol. The zero-order chi connectivity index (χ0) is 38.3. The van der Waals surface area contributed by atoms with Gasteiger partial charge in [-0.2, -0.15) is 11.3 Å². The molecule has 5 heteroatoms. The van der Waals surface area contributed by atoms with Gasteiger partial charge in [0.25, 0.3) is 0 Å². The second-order valence-corrected chi connectivity index (χ2v) is 23.6. The largest absolute Gasteiger partial charge is 0.305 e. The van der Waals surface area contributed by atoms with Crippen molar-refractivity contribution >= 4 is 44.8 Å². The summed E-state index contributed by atoms with van der Waals surface area (Å²) in [6, 6.07) is 39.4. The Morgan fingerprint density at radius 3 is 2.25 bits per heavy atom. The molecule has 0 amide bonds. The number of benzene rings is 4. The smallest absolute Gasteiger partial charge is 0.0799 e. The van der Waals surface area contributed by atoms with Crippen molar-refractivity contribution in [1.29, 1.82) is 0 Å². The third-order valence-corrected chi connectivity index (χ3v) is 15.6. The van der Waals surface area contributed by atoms with Crippen molar-refractivity contribution in [3.63, 3.8) is 0 Å². The van der Waals surface area contributed by atoms with Crippen LogP contribution in [0.1, 0.15) is 74.1 Å². The molecule has 56 heavy (non-hydrogen) atoms. The molecule has 1 atom stereocenters. The number of fused-ring (bicyclic) bond motifs is 6. The number of aryl methyl sites for hydroxylation is 2. The van der Waals surface area contributed by atoms with Gasteiger partial charge in [0.2, 0.25) is 0 Å². The van der Waals surface area contributed by atoms with E-state index in [2.05, 4.69) is 143 Å². The van der Waals surface area contributed by atoms with Crippen molar-refractivity contribution in [1.82, 2.24) is 9.97 Å². The van der Waals surface area contributed by atoms with Crippen LogP contribution in [0.4, 0.5) is 0 Å². The third-order valence-electron chi connectivity index (χ3n) is 12.3. The molecule has 10 rings (SSSR count). The number of thiophene rings is 1. The van der Waals surface area contributed by atoms with E-state index >= 15 is 0 Å². The summed E-state index contributed by atoms with van der Waals surface area (Å²) in [5.74, 6) is 3.31. The maximum atomic E-state index is 4.86. The molecule has 2 bridgehead atoms. The molecule has 4 aromatic carbocycles. The van der Waals surface area contributed by atoms with Gasteiger partial charge in [0, 0.05) is 37.2 Å². The molecule has 1 radical (unpaired) electrons. The molecule has 3 heterocycles. The van der Waals surface area contributed by atoms with E-state index < -0.39 is 8.07 Å². The fourth-order valence-electron chi connectivity index (χ4n) is 9.51. The van der Waals surface area contributed by atoms with Gasteiger partial charge in [-0.3, -0.25) is 0 Å². The average Bonchev–Trinajstić information content (AvgIpc) is 3.58. The molecule has 3 aromatic heterocycles. The molecule has 3 fully saturated rings. The van der Waals surface area contributed by atoms with E-state index in [0.29, 0.717) is 5.92 Å². The molecule has 7 aromatic rings. The maximum absolute atomic E-state index is 4.86. The van der Waals surface area contributed by atoms with Gasteiger partial charge in [0.15, 0.2) is 0 Å². The Labute approximate surface area is 353 Å². The number of hydrogen-bond acceptors (Lipinski definition) is 3. The second kappa shape index (κ2) is 17.0. The standard InChI is InChI=1S/C34H32NS.C17H22NSi.Ir/c1-21-6-3-7-22(2)32(21)28-9-5-11-31-33(28)29-10-4-8-27(34(29)36-31)30-20-24(16-17-35-30)19-26-18-23-12-14-25(26)15-13-23;1-13(2)15-11-16(14-9-7-6-8-10-14)18-12-17(15)19(3,4)5;/h3-7,9-11,16-17,20,23,25-26H,12-15,18-19H2,1-2H3;6-9,11-13H,1-5H3;/q2*-1;. The monoisotopic (exact) mass is 947 g/mol. The van der Waals surface area contributed by atoms with Gasteiger partial charge in [-0.15, -0.1) is 59.7 Å². The SMILES string of the molecule is CC(C)c1cc(-c2[c-]cccc2)ncc1[Si](C)(C)C.Cc1cccc(C)c1-c1cccc2sc3c(-c4cc(CC5CC6CCC5CC6)ccn4)[c-]ccc3c12.[Ir]. The fourth-order valence-corrected chi connectivity index (χ4v) is 12.4. The average molecular weight is 947 g/mol. The Bertz CT molecular complexity index is 2430. The number of hydrogen-bond donors (Lipinski definition) is 0. The zero-order valence-electron chi connectivity index (χ0n) is 34.0. The summed E-state index contributed by atoms with van der Waals surface area (Å²) in [4.78, 5) is 9.52. The topological polar surface area (TPSA) is 25.8 Å². The Balaban J connectivity index is 0.000000205. The Kier molecular flexibility index (Phi) is 12.3. The molecule has 0 saturated heterocycles.